The van der Waals surface area contributed by atoms with Crippen molar-refractivity contribution >= 4 is 21.7 Å². The van der Waals surface area contributed by atoms with E-state index in [2.05, 4.69) is 28.1 Å². The zero-order valence-electron chi connectivity index (χ0n) is 21.8. The molecule has 4 nitrogen and oxygen atoms in total. The summed E-state index contributed by atoms with van der Waals surface area (Å²) in [5.41, 5.74) is 0. The first-order valence-electron chi connectivity index (χ1n) is 13.1. The second-order valence-corrected chi connectivity index (χ2v) is 12.1. The van der Waals surface area contributed by atoms with Gasteiger partial charge in [-0.05, 0) is 37.1 Å². The normalized spacial score (nSPS) is 11.8. The molecule has 1 rings (SSSR count). The predicted octanol–water partition coefficient (Wildman–Crippen LogP) is 8.54. The molecule has 0 radical (unpaired) electrons. The van der Waals surface area contributed by atoms with Gasteiger partial charge in [0.2, 0.25) is 0 Å². The molecule has 0 unspecified atom stereocenters. The average molecular weight is 505 g/mol. The predicted molar refractivity (Wildman–Crippen MR) is 144 cm³/mol. The van der Waals surface area contributed by atoms with Gasteiger partial charge in [0.15, 0.2) is 0 Å². The highest BCUT2D eigenvalue weighted by Crippen LogP contribution is 2.14. The topological polar surface area (TPSA) is 54.4 Å². The molecule has 0 amide bonds. The first kappa shape index (κ1) is 32.4. The quantitative estimate of drug-likeness (QED) is 0.124. The van der Waals surface area contributed by atoms with Crippen LogP contribution in [0.5, 0.6) is 0 Å². The van der Waals surface area contributed by atoms with Crippen molar-refractivity contribution in [1.82, 2.24) is 0 Å². The van der Waals surface area contributed by atoms with Crippen molar-refractivity contribution in [1.29, 1.82) is 0 Å². The van der Waals surface area contributed by atoms with Crippen LogP contribution in [0.25, 0.3) is 0 Å². The standard InChI is InChI=1S/C21H46N.C6H5ClO3S/c1-5-6-7-8-9-10-11-12-13-14-15-16-17-18-19-20-21-22(2,3)4;7-5-1-3-6(4-2-5)11(8,9)10/h5-21H2,1-4H3;1-4H,(H,8,9,10)/q+1;. The monoisotopic (exact) mass is 504 g/mol. The van der Waals surface area contributed by atoms with Gasteiger partial charge >= 0.3 is 0 Å². The Bertz CT molecular complexity index is 670. The van der Waals surface area contributed by atoms with Crippen LogP contribution in [0.3, 0.4) is 0 Å². The molecular formula is C27H51ClNO3S+. The highest BCUT2D eigenvalue weighted by atomic mass is 35.5. The Kier molecular flexibility index (Phi) is 19.3. The van der Waals surface area contributed by atoms with E-state index in [9.17, 15) is 8.42 Å². The fourth-order valence-corrected chi connectivity index (χ4v) is 4.35. The molecule has 33 heavy (non-hydrogen) atoms. The molecular weight excluding hydrogens is 454 g/mol. The number of unbranched alkanes of at least 4 members (excludes halogenated alkanes) is 15. The third-order valence-corrected chi connectivity index (χ3v) is 6.91. The van der Waals surface area contributed by atoms with E-state index in [1.807, 2.05) is 0 Å². The molecule has 0 fully saturated rings. The van der Waals surface area contributed by atoms with Gasteiger partial charge in [-0.25, -0.2) is 0 Å². The maximum atomic E-state index is 10.5. The minimum Gasteiger partial charge on any atom is -0.331 e. The molecule has 0 atom stereocenters. The number of nitrogens with zero attached hydrogens (tertiary/aromatic N) is 1. The van der Waals surface area contributed by atoms with E-state index in [0.717, 1.165) is 4.48 Å². The molecule has 1 aromatic rings. The summed E-state index contributed by atoms with van der Waals surface area (Å²) in [5, 5.41) is 0.428. The van der Waals surface area contributed by atoms with Crippen molar-refractivity contribution < 1.29 is 17.5 Å². The summed E-state index contributed by atoms with van der Waals surface area (Å²) in [6.45, 7) is 3.63. The molecule has 0 aliphatic heterocycles. The van der Waals surface area contributed by atoms with Crippen molar-refractivity contribution in [2.24, 2.45) is 0 Å². The van der Waals surface area contributed by atoms with Gasteiger partial charge in [0.1, 0.15) is 0 Å². The summed E-state index contributed by atoms with van der Waals surface area (Å²) < 4.78 is 30.5. The molecule has 194 valence electrons. The van der Waals surface area contributed by atoms with E-state index >= 15 is 0 Å². The van der Waals surface area contributed by atoms with Crippen LogP contribution in [-0.2, 0) is 10.1 Å². The van der Waals surface area contributed by atoms with E-state index in [-0.39, 0.29) is 4.90 Å². The molecule has 0 aliphatic rings. The molecule has 0 bridgehead atoms. The number of hydrogen-bond donors (Lipinski definition) is 1. The highest BCUT2D eigenvalue weighted by Gasteiger charge is 2.07. The number of halogens is 1. The second kappa shape index (κ2) is 19.7. The number of benzene rings is 1. The maximum Gasteiger partial charge on any atom is 0.294 e. The highest BCUT2D eigenvalue weighted by molar-refractivity contribution is 7.85. The maximum absolute atomic E-state index is 10.5. The number of hydrogen-bond acceptors (Lipinski definition) is 2. The Morgan fingerprint density at radius 2 is 1.00 bits per heavy atom. The summed E-state index contributed by atoms with van der Waals surface area (Å²) in [6, 6.07) is 5.25. The van der Waals surface area contributed by atoms with Gasteiger partial charge in [-0.15, -0.1) is 0 Å². The van der Waals surface area contributed by atoms with Crippen LogP contribution in [0, 0.1) is 0 Å². The smallest absolute Gasteiger partial charge is 0.294 e. The van der Waals surface area contributed by atoms with Crippen molar-refractivity contribution in [3.63, 3.8) is 0 Å². The summed E-state index contributed by atoms with van der Waals surface area (Å²) in [5.74, 6) is 0. The number of rotatable bonds is 18. The van der Waals surface area contributed by atoms with Crippen LogP contribution in [0.2, 0.25) is 5.02 Å². The fourth-order valence-electron chi connectivity index (χ4n) is 3.74. The SMILES string of the molecule is CCCCCCCCCCCCCCCCCC[N+](C)(C)C.O=S(=O)(O)c1ccc(Cl)cc1. The second-order valence-electron chi connectivity index (χ2n) is 10.2. The Balaban J connectivity index is 0.000000771. The lowest BCUT2D eigenvalue weighted by Crippen LogP contribution is -2.35. The van der Waals surface area contributed by atoms with Crippen molar-refractivity contribution in [2.45, 2.75) is 115 Å². The minimum absolute atomic E-state index is 0.151. The van der Waals surface area contributed by atoms with Crippen LogP contribution in [0.4, 0.5) is 0 Å². The zero-order valence-corrected chi connectivity index (χ0v) is 23.4. The van der Waals surface area contributed by atoms with E-state index < -0.39 is 10.1 Å². The van der Waals surface area contributed by atoms with E-state index in [1.54, 1.807) is 0 Å². The average Bonchev–Trinajstić information content (AvgIpc) is 2.73. The molecule has 0 heterocycles. The van der Waals surface area contributed by atoms with E-state index in [4.69, 9.17) is 16.2 Å². The molecule has 6 heteroatoms. The lowest BCUT2D eigenvalue weighted by molar-refractivity contribution is -0.870. The Morgan fingerprint density at radius 1 is 0.667 bits per heavy atom. The molecule has 0 aromatic heterocycles. The molecule has 1 N–H and O–H groups in total. The molecule has 0 aliphatic carbocycles. The van der Waals surface area contributed by atoms with Gasteiger partial charge in [0.05, 0.1) is 32.6 Å². The van der Waals surface area contributed by atoms with Gasteiger partial charge in [-0.2, -0.15) is 8.42 Å². The van der Waals surface area contributed by atoms with Crippen molar-refractivity contribution in [3.05, 3.63) is 29.3 Å². The van der Waals surface area contributed by atoms with Crippen LogP contribution < -0.4 is 0 Å². The summed E-state index contributed by atoms with van der Waals surface area (Å²) in [6.07, 6.45) is 23.4. The summed E-state index contributed by atoms with van der Waals surface area (Å²) in [4.78, 5) is -0.151. The minimum atomic E-state index is -4.08. The van der Waals surface area contributed by atoms with Gasteiger partial charge in [-0.1, -0.05) is 108 Å². The fraction of sp³-hybridized carbons (Fsp3) is 0.778. The lowest BCUT2D eigenvalue weighted by atomic mass is 10.0. The molecule has 0 saturated heterocycles. The van der Waals surface area contributed by atoms with Crippen LogP contribution in [0.15, 0.2) is 29.2 Å². The van der Waals surface area contributed by atoms with Crippen molar-refractivity contribution in [3.8, 4) is 0 Å². The van der Waals surface area contributed by atoms with Gasteiger partial charge in [0.25, 0.3) is 10.1 Å². The Morgan fingerprint density at radius 3 is 1.30 bits per heavy atom. The third-order valence-electron chi connectivity index (χ3n) is 5.79. The summed E-state index contributed by atoms with van der Waals surface area (Å²) >= 11 is 5.49. The first-order chi connectivity index (χ1) is 15.6. The van der Waals surface area contributed by atoms with Crippen molar-refractivity contribution in [2.75, 3.05) is 27.7 Å². The first-order valence-corrected chi connectivity index (χ1v) is 14.9. The third kappa shape index (κ3) is 22.9. The largest absolute Gasteiger partial charge is 0.331 e. The summed E-state index contributed by atoms with van der Waals surface area (Å²) in [7, 11) is 2.81. The van der Waals surface area contributed by atoms with Gasteiger partial charge in [-0.3, -0.25) is 4.55 Å². The zero-order chi connectivity index (χ0) is 25.0. The van der Waals surface area contributed by atoms with E-state index in [1.165, 1.54) is 134 Å². The van der Waals surface area contributed by atoms with Crippen LogP contribution >= 0.6 is 11.6 Å². The van der Waals surface area contributed by atoms with Gasteiger partial charge in [0, 0.05) is 5.02 Å². The Labute approximate surface area is 210 Å². The number of quaternary nitrogens is 1. The van der Waals surface area contributed by atoms with Crippen LogP contribution in [0.1, 0.15) is 110 Å². The van der Waals surface area contributed by atoms with Gasteiger partial charge < -0.3 is 4.48 Å². The van der Waals surface area contributed by atoms with Crippen LogP contribution in [-0.4, -0.2) is 45.1 Å². The van der Waals surface area contributed by atoms with E-state index in [0.29, 0.717) is 5.02 Å². The molecule has 0 saturated carbocycles. The Hall–Kier alpha value is -0.620. The lowest BCUT2D eigenvalue weighted by Gasteiger charge is -2.23. The molecule has 1 aromatic carbocycles. The molecule has 0 spiro atoms.